The molecule has 0 aromatic heterocycles. The van der Waals surface area contributed by atoms with Crippen LogP contribution in [-0.2, 0) is 14.8 Å². The van der Waals surface area contributed by atoms with Crippen molar-refractivity contribution >= 4 is 11.7 Å². The normalized spacial score (nSPS) is 11.1. The van der Waals surface area contributed by atoms with Crippen molar-refractivity contribution in [2.24, 2.45) is 0 Å². The summed E-state index contributed by atoms with van der Waals surface area (Å²) in [6.45, 7) is 5.06. The molecule has 0 aliphatic rings. The van der Waals surface area contributed by atoms with Crippen LogP contribution < -0.4 is 0 Å². The minimum absolute atomic E-state index is 0.208. The second-order valence-electron chi connectivity index (χ2n) is 4.41. The third-order valence-electron chi connectivity index (χ3n) is 1.71. The molecule has 0 radical (unpaired) electrons. The first kappa shape index (κ1) is 14.1. The zero-order valence-electron chi connectivity index (χ0n) is 10.2. The quantitative estimate of drug-likeness (QED) is 0.466. The molecule has 1 rings (SSSR count). The van der Waals surface area contributed by atoms with Gasteiger partial charge in [0, 0.05) is 6.07 Å². The van der Waals surface area contributed by atoms with Gasteiger partial charge in [0.1, 0.15) is 5.56 Å². The largest absolute Gasteiger partial charge is 0.383 e. The fourth-order valence-electron chi connectivity index (χ4n) is 1.00. The summed E-state index contributed by atoms with van der Waals surface area (Å²) in [7, 11) is 0. The van der Waals surface area contributed by atoms with Crippen LogP contribution in [0.4, 0.5) is 5.69 Å². The Morgan fingerprint density at radius 1 is 1.28 bits per heavy atom. The van der Waals surface area contributed by atoms with E-state index in [2.05, 4.69) is 9.93 Å². The Balaban J connectivity index is 2.70. The molecular formula is C11H13NO6. The number of carbonyl (C=O) groups excluding carboxylic acids is 1. The van der Waals surface area contributed by atoms with Gasteiger partial charge in [0.15, 0.2) is 0 Å². The van der Waals surface area contributed by atoms with Gasteiger partial charge in [0.25, 0.3) is 5.69 Å². The molecule has 1 aromatic rings. The topological polar surface area (TPSA) is 87.9 Å². The molecule has 0 unspecified atom stereocenters. The van der Waals surface area contributed by atoms with Crippen LogP contribution in [0, 0.1) is 10.1 Å². The van der Waals surface area contributed by atoms with Crippen molar-refractivity contribution in [2.75, 3.05) is 0 Å². The molecule has 0 heterocycles. The van der Waals surface area contributed by atoms with E-state index in [0.717, 1.165) is 0 Å². The van der Waals surface area contributed by atoms with Gasteiger partial charge in [-0.15, -0.1) is 0 Å². The van der Waals surface area contributed by atoms with Crippen molar-refractivity contribution in [1.29, 1.82) is 0 Å². The molecule has 0 fully saturated rings. The van der Waals surface area contributed by atoms with E-state index >= 15 is 0 Å². The van der Waals surface area contributed by atoms with E-state index in [1.165, 1.54) is 24.3 Å². The molecule has 18 heavy (non-hydrogen) atoms. The predicted octanol–water partition coefficient (Wildman–Crippen LogP) is 2.41. The molecule has 0 bridgehead atoms. The minimum atomic E-state index is -0.994. The van der Waals surface area contributed by atoms with Crippen molar-refractivity contribution < 1.29 is 24.5 Å². The smallest absolute Gasteiger partial charge is 0.263 e. The number of carbonyl (C=O) groups is 1. The Hall–Kier alpha value is -1.99. The maximum Gasteiger partial charge on any atom is 0.383 e. The Labute approximate surface area is 103 Å². The Bertz CT molecular complexity index is 451. The summed E-state index contributed by atoms with van der Waals surface area (Å²) in [5.74, 6) is -0.994. The van der Waals surface area contributed by atoms with Gasteiger partial charge in [0.2, 0.25) is 0 Å². The monoisotopic (exact) mass is 255 g/mol. The van der Waals surface area contributed by atoms with Crippen molar-refractivity contribution in [1.82, 2.24) is 0 Å². The van der Waals surface area contributed by atoms with Gasteiger partial charge in [-0.3, -0.25) is 15.0 Å². The van der Waals surface area contributed by atoms with Crippen LogP contribution >= 0.6 is 0 Å². The molecule has 0 spiro atoms. The highest BCUT2D eigenvalue weighted by molar-refractivity contribution is 5.93. The highest BCUT2D eigenvalue weighted by atomic mass is 17.5. The Kier molecular flexibility index (Phi) is 4.35. The molecule has 0 N–H and O–H groups in total. The fourth-order valence-corrected chi connectivity index (χ4v) is 1.00. The first-order valence-corrected chi connectivity index (χ1v) is 5.11. The van der Waals surface area contributed by atoms with Crippen LogP contribution in [0.15, 0.2) is 24.3 Å². The fraction of sp³-hybridized carbons (Fsp3) is 0.364. The number of hydrogen-bond acceptors (Lipinski definition) is 6. The molecule has 0 atom stereocenters. The van der Waals surface area contributed by atoms with Crippen molar-refractivity contribution in [3.05, 3.63) is 39.9 Å². The van der Waals surface area contributed by atoms with E-state index in [9.17, 15) is 14.9 Å². The molecule has 0 aliphatic heterocycles. The van der Waals surface area contributed by atoms with Gasteiger partial charge in [-0.25, -0.2) is 4.79 Å². The highest BCUT2D eigenvalue weighted by Gasteiger charge is 2.22. The van der Waals surface area contributed by atoms with Crippen LogP contribution in [0.3, 0.4) is 0 Å². The lowest BCUT2D eigenvalue weighted by molar-refractivity contribution is -0.510. The van der Waals surface area contributed by atoms with E-state index in [0.29, 0.717) is 0 Å². The zero-order chi connectivity index (χ0) is 13.8. The number of hydrogen-bond donors (Lipinski definition) is 0. The summed E-state index contributed by atoms with van der Waals surface area (Å²) >= 11 is 0. The van der Waals surface area contributed by atoms with E-state index in [1.54, 1.807) is 20.8 Å². The molecule has 98 valence electrons. The number of nitro benzene ring substituents is 1. The Morgan fingerprint density at radius 3 is 2.44 bits per heavy atom. The van der Waals surface area contributed by atoms with Crippen LogP contribution in [0.5, 0.6) is 0 Å². The molecule has 1 aromatic carbocycles. The third-order valence-corrected chi connectivity index (χ3v) is 1.71. The summed E-state index contributed by atoms with van der Waals surface area (Å²) in [4.78, 5) is 30.6. The van der Waals surface area contributed by atoms with Crippen LogP contribution in [0.25, 0.3) is 0 Å². The summed E-state index contributed by atoms with van der Waals surface area (Å²) < 4.78 is 0. The molecule has 0 saturated carbocycles. The lowest BCUT2D eigenvalue weighted by Gasteiger charge is -2.15. The first-order chi connectivity index (χ1) is 8.31. The van der Waals surface area contributed by atoms with Gasteiger partial charge < -0.3 is 0 Å². The average molecular weight is 255 g/mol. The molecule has 7 heteroatoms. The lowest BCUT2D eigenvalue weighted by atomic mass is 10.2. The SMILES string of the molecule is CC(C)(C)OOOC(=O)c1ccccc1[N+](=O)[O-]. The number of rotatable bonds is 4. The van der Waals surface area contributed by atoms with Gasteiger partial charge in [0.05, 0.1) is 10.5 Å². The number of para-hydroxylation sites is 1. The first-order valence-electron chi connectivity index (χ1n) is 5.11. The maximum absolute atomic E-state index is 11.5. The van der Waals surface area contributed by atoms with E-state index in [-0.39, 0.29) is 11.3 Å². The summed E-state index contributed by atoms with van der Waals surface area (Å²) in [5.41, 5.74) is -1.23. The van der Waals surface area contributed by atoms with E-state index in [1.807, 2.05) is 0 Å². The van der Waals surface area contributed by atoms with Crippen molar-refractivity contribution in [3.8, 4) is 0 Å². The molecular weight excluding hydrogens is 242 g/mol. The second kappa shape index (κ2) is 5.56. The van der Waals surface area contributed by atoms with E-state index < -0.39 is 16.5 Å². The summed E-state index contributed by atoms with van der Waals surface area (Å²) in [5, 5.41) is 15.0. The van der Waals surface area contributed by atoms with Gasteiger partial charge in [-0.1, -0.05) is 12.1 Å². The van der Waals surface area contributed by atoms with Crippen LogP contribution in [0.1, 0.15) is 31.1 Å². The van der Waals surface area contributed by atoms with Gasteiger partial charge in [-0.2, -0.15) is 4.89 Å². The Morgan fingerprint density at radius 2 is 1.89 bits per heavy atom. The number of nitro groups is 1. The number of nitrogens with zero attached hydrogens (tertiary/aromatic N) is 1. The van der Waals surface area contributed by atoms with Crippen LogP contribution in [0.2, 0.25) is 0 Å². The van der Waals surface area contributed by atoms with Gasteiger partial charge in [-0.05, 0) is 31.9 Å². The molecule has 7 nitrogen and oxygen atoms in total. The van der Waals surface area contributed by atoms with Crippen LogP contribution in [-0.4, -0.2) is 16.5 Å². The molecule has 0 saturated heterocycles. The van der Waals surface area contributed by atoms with Gasteiger partial charge >= 0.3 is 5.97 Å². The maximum atomic E-state index is 11.5. The lowest BCUT2D eigenvalue weighted by Crippen LogP contribution is -2.21. The van der Waals surface area contributed by atoms with E-state index in [4.69, 9.17) is 4.89 Å². The number of benzene rings is 1. The minimum Gasteiger partial charge on any atom is -0.263 e. The predicted molar refractivity (Wildman–Crippen MR) is 60.4 cm³/mol. The standard InChI is InChI=1S/C11H13NO6/c1-11(2,3)17-18-16-10(13)8-6-4-5-7-9(8)12(14)15/h4-7H,1-3H3. The van der Waals surface area contributed by atoms with Crippen molar-refractivity contribution in [3.63, 3.8) is 0 Å². The summed E-state index contributed by atoms with van der Waals surface area (Å²) in [6, 6.07) is 5.39. The van der Waals surface area contributed by atoms with Crippen molar-refractivity contribution in [2.45, 2.75) is 26.4 Å². The highest BCUT2D eigenvalue weighted by Crippen LogP contribution is 2.19. The molecule has 0 aliphatic carbocycles. The second-order valence-corrected chi connectivity index (χ2v) is 4.41. The summed E-state index contributed by atoms with van der Waals surface area (Å²) in [6.07, 6.45) is 0. The zero-order valence-corrected chi connectivity index (χ0v) is 10.2. The third kappa shape index (κ3) is 4.11. The average Bonchev–Trinajstić information content (AvgIpc) is 2.27. The molecule has 0 amide bonds.